The Morgan fingerprint density at radius 1 is 1.37 bits per heavy atom. The van der Waals surface area contributed by atoms with E-state index in [1.807, 2.05) is 32.9 Å². The Kier molecular flexibility index (Phi) is 5.78. The van der Waals surface area contributed by atoms with E-state index in [4.69, 9.17) is 9.47 Å². The van der Waals surface area contributed by atoms with E-state index < -0.39 is 0 Å². The number of nitrogens with one attached hydrogen (secondary N) is 1. The number of aryl methyl sites for hydroxylation is 1. The van der Waals surface area contributed by atoms with Crippen molar-refractivity contribution in [2.24, 2.45) is 0 Å². The fourth-order valence-electron chi connectivity index (χ4n) is 3.12. The summed E-state index contributed by atoms with van der Waals surface area (Å²) in [7, 11) is 0. The maximum absolute atomic E-state index is 12.5. The van der Waals surface area contributed by atoms with Crippen LogP contribution in [0.1, 0.15) is 48.8 Å². The largest absolute Gasteiger partial charge is 0.494 e. The predicted octanol–water partition coefficient (Wildman–Crippen LogP) is 2.31. The lowest BCUT2D eigenvalue weighted by molar-refractivity contribution is 0.0943. The van der Waals surface area contributed by atoms with Gasteiger partial charge in [-0.05, 0) is 38.5 Å². The van der Waals surface area contributed by atoms with Gasteiger partial charge in [-0.25, -0.2) is 4.68 Å². The number of aromatic nitrogens is 2. The van der Waals surface area contributed by atoms with Gasteiger partial charge in [-0.2, -0.15) is 5.10 Å². The van der Waals surface area contributed by atoms with Crippen LogP contribution in [0.4, 0.5) is 0 Å². The third-order valence-electron chi connectivity index (χ3n) is 4.35. The van der Waals surface area contributed by atoms with Gasteiger partial charge in [0, 0.05) is 36.7 Å². The van der Waals surface area contributed by atoms with Crippen LogP contribution in [0, 0.1) is 0 Å². The Hall–Kier alpha value is -2.83. The van der Waals surface area contributed by atoms with Crippen LogP contribution in [0.15, 0.2) is 29.1 Å². The van der Waals surface area contributed by atoms with Gasteiger partial charge in [0.05, 0.1) is 6.61 Å². The average molecular weight is 371 g/mol. The van der Waals surface area contributed by atoms with Gasteiger partial charge in [-0.3, -0.25) is 9.59 Å². The zero-order chi connectivity index (χ0) is 19.4. The van der Waals surface area contributed by atoms with Crippen LogP contribution in [0.25, 0.3) is 0 Å². The van der Waals surface area contributed by atoms with Crippen molar-refractivity contribution in [3.63, 3.8) is 0 Å². The fourth-order valence-corrected chi connectivity index (χ4v) is 3.12. The molecule has 2 heterocycles. The first kappa shape index (κ1) is 18.9. The number of rotatable bonds is 7. The van der Waals surface area contributed by atoms with Gasteiger partial charge in [0.15, 0.2) is 0 Å². The number of hydrogen-bond donors (Lipinski definition) is 1. The van der Waals surface area contributed by atoms with Crippen molar-refractivity contribution in [1.29, 1.82) is 0 Å². The van der Waals surface area contributed by atoms with E-state index in [0.717, 1.165) is 35.5 Å². The zero-order valence-electron chi connectivity index (χ0n) is 15.9. The molecule has 1 atom stereocenters. The SMILES string of the molecule is CCCn1nc(C(=O)NCc2cc3c(cc2OCC)CC(C)O3)ccc1=O. The molecule has 0 radical (unpaired) electrons. The lowest BCUT2D eigenvalue weighted by Gasteiger charge is -2.13. The maximum Gasteiger partial charge on any atom is 0.271 e. The van der Waals surface area contributed by atoms with Gasteiger partial charge in [0.1, 0.15) is 23.3 Å². The molecule has 144 valence electrons. The molecule has 3 rings (SSSR count). The summed E-state index contributed by atoms with van der Waals surface area (Å²) in [6.07, 6.45) is 1.76. The summed E-state index contributed by atoms with van der Waals surface area (Å²) < 4.78 is 12.9. The summed E-state index contributed by atoms with van der Waals surface area (Å²) in [6.45, 7) is 7.21. The zero-order valence-corrected chi connectivity index (χ0v) is 15.9. The molecular weight excluding hydrogens is 346 g/mol. The second-order valence-corrected chi connectivity index (χ2v) is 6.60. The molecule has 27 heavy (non-hydrogen) atoms. The van der Waals surface area contributed by atoms with Gasteiger partial charge in [0.2, 0.25) is 0 Å². The summed E-state index contributed by atoms with van der Waals surface area (Å²) in [4.78, 5) is 24.2. The van der Waals surface area contributed by atoms with Gasteiger partial charge >= 0.3 is 0 Å². The smallest absolute Gasteiger partial charge is 0.271 e. The Bertz CT molecular complexity index is 891. The van der Waals surface area contributed by atoms with Crippen molar-refractivity contribution in [1.82, 2.24) is 15.1 Å². The number of ether oxygens (including phenoxy) is 2. The summed E-state index contributed by atoms with van der Waals surface area (Å²) in [5, 5.41) is 6.99. The van der Waals surface area contributed by atoms with Crippen molar-refractivity contribution < 1.29 is 14.3 Å². The molecule has 0 saturated heterocycles. The molecule has 0 saturated carbocycles. The molecule has 1 aromatic carbocycles. The number of amides is 1. The van der Waals surface area contributed by atoms with Crippen LogP contribution in [0.3, 0.4) is 0 Å². The Morgan fingerprint density at radius 3 is 2.93 bits per heavy atom. The molecule has 7 nitrogen and oxygen atoms in total. The van der Waals surface area contributed by atoms with Crippen molar-refractivity contribution in [3.05, 3.63) is 51.4 Å². The second-order valence-electron chi connectivity index (χ2n) is 6.60. The van der Waals surface area contributed by atoms with Gasteiger partial charge in [-0.15, -0.1) is 0 Å². The predicted molar refractivity (Wildman–Crippen MR) is 101 cm³/mol. The number of fused-ring (bicyclic) bond motifs is 1. The summed E-state index contributed by atoms with van der Waals surface area (Å²) in [5.74, 6) is 1.25. The van der Waals surface area contributed by atoms with E-state index >= 15 is 0 Å². The molecule has 0 fully saturated rings. The minimum absolute atomic E-state index is 0.142. The van der Waals surface area contributed by atoms with Crippen LogP contribution in [0.2, 0.25) is 0 Å². The highest BCUT2D eigenvalue weighted by Crippen LogP contribution is 2.35. The molecule has 1 amide bonds. The third kappa shape index (κ3) is 4.30. The monoisotopic (exact) mass is 371 g/mol. The van der Waals surface area contributed by atoms with E-state index in [2.05, 4.69) is 10.4 Å². The van der Waals surface area contributed by atoms with Crippen molar-refractivity contribution in [2.75, 3.05) is 6.61 Å². The molecule has 1 aliphatic rings. The van der Waals surface area contributed by atoms with Crippen molar-refractivity contribution >= 4 is 5.91 Å². The Labute approximate surface area is 158 Å². The summed E-state index contributed by atoms with van der Waals surface area (Å²) in [5.41, 5.74) is 1.97. The Morgan fingerprint density at radius 2 is 2.19 bits per heavy atom. The lowest BCUT2D eigenvalue weighted by Crippen LogP contribution is -2.29. The molecule has 2 aromatic rings. The molecule has 1 N–H and O–H groups in total. The first-order valence-corrected chi connectivity index (χ1v) is 9.33. The summed E-state index contributed by atoms with van der Waals surface area (Å²) >= 11 is 0. The average Bonchev–Trinajstić information content (AvgIpc) is 3.00. The van der Waals surface area contributed by atoms with E-state index in [1.165, 1.54) is 16.8 Å². The minimum Gasteiger partial charge on any atom is -0.494 e. The van der Waals surface area contributed by atoms with Crippen LogP contribution < -0.4 is 20.3 Å². The van der Waals surface area contributed by atoms with Gasteiger partial charge in [0.25, 0.3) is 11.5 Å². The van der Waals surface area contributed by atoms with Crippen molar-refractivity contribution in [2.45, 2.75) is 52.8 Å². The first-order chi connectivity index (χ1) is 13.0. The number of benzene rings is 1. The molecule has 1 aromatic heterocycles. The van der Waals surface area contributed by atoms with Crippen molar-refractivity contribution in [3.8, 4) is 11.5 Å². The highest BCUT2D eigenvalue weighted by molar-refractivity contribution is 5.92. The van der Waals surface area contributed by atoms with E-state index in [9.17, 15) is 9.59 Å². The molecule has 0 bridgehead atoms. The second kappa shape index (κ2) is 8.24. The number of carbonyl (C=O) groups is 1. The van der Waals surface area contributed by atoms with E-state index in [1.54, 1.807) is 0 Å². The van der Waals surface area contributed by atoms with Gasteiger partial charge < -0.3 is 14.8 Å². The topological polar surface area (TPSA) is 82.5 Å². The van der Waals surface area contributed by atoms with Crippen LogP contribution in [-0.4, -0.2) is 28.4 Å². The quantitative estimate of drug-likeness (QED) is 0.808. The molecule has 0 spiro atoms. The summed E-state index contributed by atoms with van der Waals surface area (Å²) in [6, 6.07) is 6.73. The first-order valence-electron chi connectivity index (χ1n) is 9.33. The molecule has 7 heteroatoms. The molecule has 1 aliphatic heterocycles. The maximum atomic E-state index is 12.5. The lowest BCUT2D eigenvalue weighted by atomic mass is 10.1. The minimum atomic E-state index is -0.336. The number of hydrogen-bond acceptors (Lipinski definition) is 5. The van der Waals surface area contributed by atoms with Crippen LogP contribution in [-0.2, 0) is 19.5 Å². The van der Waals surface area contributed by atoms with Gasteiger partial charge in [-0.1, -0.05) is 6.92 Å². The molecule has 1 unspecified atom stereocenters. The standard InChI is InChI=1S/C20H25N3O4/c1-4-8-23-19(24)7-6-16(22-23)20(25)21-12-15-11-18-14(9-13(3)27-18)10-17(15)26-5-2/h6-7,10-11,13H,4-5,8-9,12H2,1-3H3,(H,21,25). The van der Waals surface area contributed by atoms with E-state index in [0.29, 0.717) is 13.2 Å². The molecule has 0 aliphatic carbocycles. The molecular formula is C20H25N3O4. The third-order valence-corrected chi connectivity index (χ3v) is 4.35. The number of nitrogens with zero attached hydrogens (tertiary/aromatic N) is 2. The van der Waals surface area contributed by atoms with Crippen LogP contribution in [0.5, 0.6) is 11.5 Å². The number of carbonyl (C=O) groups excluding carboxylic acids is 1. The highest BCUT2D eigenvalue weighted by Gasteiger charge is 2.22. The van der Waals surface area contributed by atoms with Crippen LogP contribution >= 0.6 is 0 Å². The highest BCUT2D eigenvalue weighted by atomic mass is 16.5. The fraction of sp³-hybridized carbons (Fsp3) is 0.450. The normalized spacial score (nSPS) is 15.1. The Balaban J connectivity index is 1.76. The van der Waals surface area contributed by atoms with E-state index in [-0.39, 0.29) is 29.8 Å².